The number of nitrogens with zero attached hydrogens (tertiary/aromatic N) is 1. The molecule has 0 unspecified atom stereocenters. The van der Waals surface area contributed by atoms with E-state index in [1.165, 1.54) is 29.2 Å². The SMILES string of the molecule is CC(C)(C)c1ccccc1NC(=O)N1CCNC(=O)[C@@H]1CC(=O)Nc1ccc(F)cc1. The number of anilines is 2. The predicted molar refractivity (Wildman–Crippen MR) is 117 cm³/mol. The monoisotopic (exact) mass is 426 g/mol. The van der Waals surface area contributed by atoms with Crippen LogP contribution in [0, 0.1) is 5.82 Å². The second-order valence-electron chi connectivity index (χ2n) is 8.49. The number of carbonyl (C=O) groups is 3. The number of hydrogen-bond acceptors (Lipinski definition) is 3. The van der Waals surface area contributed by atoms with E-state index in [0.717, 1.165) is 5.56 Å². The fourth-order valence-electron chi connectivity index (χ4n) is 3.51. The molecule has 0 aromatic heterocycles. The molecule has 3 rings (SSSR count). The Balaban J connectivity index is 1.73. The van der Waals surface area contributed by atoms with E-state index >= 15 is 0 Å². The van der Waals surface area contributed by atoms with E-state index in [-0.39, 0.29) is 24.3 Å². The van der Waals surface area contributed by atoms with Gasteiger partial charge in [0.2, 0.25) is 11.8 Å². The number of nitrogens with one attached hydrogen (secondary N) is 3. The molecule has 0 spiro atoms. The molecule has 1 saturated heterocycles. The van der Waals surface area contributed by atoms with Crippen molar-refractivity contribution in [2.24, 2.45) is 0 Å². The molecule has 1 heterocycles. The minimum Gasteiger partial charge on any atom is -0.353 e. The Morgan fingerprint density at radius 1 is 1.10 bits per heavy atom. The first-order valence-corrected chi connectivity index (χ1v) is 10.2. The van der Waals surface area contributed by atoms with E-state index < -0.39 is 23.8 Å². The first-order chi connectivity index (χ1) is 14.6. The van der Waals surface area contributed by atoms with Crippen LogP contribution in [0.3, 0.4) is 0 Å². The highest BCUT2D eigenvalue weighted by Gasteiger charge is 2.35. The van der Waals surface area contributed by atoms with Crippen LogP contribution in [0.1, 0.15) is 32.8 Å². The zero-order chi connectivity index (χ0) is 22.6. The Bertz CT molecular complexity index is 970. The third-order valence-electron chi connectivity index (χ3n) is 5.08. The highest BCUT2D eigenvalue weighted by molar-refractivity contribution is 5.99. The lowest BCUT2D eigenvalue weighted by Crippen LogP contribution is -2.59. The molecular weight excluding hydrogens is 399 g/mol. The third kappa shape index (κ3) is 5.59. The molecule has 1 fully saturated rings. The summed E-state index contributed by atoms with van der Waals surface area (Å²) in [5, 5.41) is 8.23. The van der Waals surface area contributed by atoms with E-state index in [2.05, 4.69) is 36.7 Å². The predicted octanol–water partition coefficient (Wildman–Crippen LogP) is 3.48. The number of urea groups is 1. The summed E-state index contributed by atoms with van der Waals surface area (Å²) >= 11 is 0. The molecule has 1 aliphatic heterocycles. The lowest BCUT2D eigenvalue weighted by Gasteiger charge is -2.35. The molecule has 1 aliphatic rings. The quantitative estimate of drug-likeness (QED) is 0.699. The van der Waals surface area contributed by atoms with Crippen molar-refractivity contribution in [2.75, 3.05) is 23.7 Å². The zero-order valence-corrected chi connectivity index (χ0v) is 17.9. The molecule has 8 heteroatoms. The molecule has 7 nitrogen and oxygen atoms in total. The van der Waals surface area contributed by atoms with Crippen LogP contribution in [0.2, 0.25) is 0 Å². The summed E-state index contributed by atoms with van der Waals surface area (Å²) in [6.45, 7) is 6.74. The number of rotatable bonds is 4. The van der Waals surface area contributed by atoms with Gasteiger partial charge in [-0.25, -0.2) is 9.18 Å². The maximum atomic E-state index is 13.1. The van der Waals surface area contributed by atoms with Crippen LogP contribution in [0.5, 0.6) is 0 Å². The zero-order valence-electron chi connectivity index (χ0n) is 17.9. The van der Waals surface area contributed by atoms with Gasteiger partial charge in [0.15, 0.2) is 0 Å². The molecule has 0 radical (unpaired) electrons. The standard InChI is InChI=1S/C23H27FN4O3/c1-23(2,3)17-6-4-5-7-18(17)27-22(31)28-13-12-25-21(30)19(28)14-20(29)26-16-10-8-15(24)9-11-16/h4-11,19H,12-14H2,1-3H3,(H,25,30)(H,26,29)(H,27,31)/t19-/m0/s1. The summed E-state index contributed by atoms with van der Waals surface area (Å²) in [4.78, 5) is 39.4. The molecule has 31 heavy (non-hydrogen) atoms. The number of hydrogen-bond donors (Lipinski definition) is 3. The van der Waals surface area contributed by atoms with Crippen molar-refractivity contribution < 1.29 is 18.8 Å². The fourth-order valence-corrected chi connectivity index (χ4v) is 3.51. The van der Waals surface area contributed by atoms with Crippen molar-refractivity contribution in [1.29, 1.82) is 0 Å². The van der Waals surface area contributed by atoms with Gasteiger partial charge >= 0.3 is 6.03 Å². The van der Waals surface area contributed by atoms with E-state index in [4.69, 9.17) is 0 Å². The molecule has 0 saturated carbocycles. The van der Waals surface area contributed by atoms with Crippen LogP contribution in [0.15, 0.2) is 48.5 Å². The van der Waals surface area contributed by atoms with Gasteiger partial charge in [0, 0.05) is 24.5 Å². The molecule has 1 atom stereocenters. The van der Waals surface area contributed by atoms with Gasteiger partial charge in [-0.2, -0.15) is 0 Å². The van der Waals surface area contributed by atoms with E-state index in [1.54, 1.807) is 0 Å². The number of amides is 4. The largest absolute Gasteiger partial charge is 0.353 e. The van der Waals surface area contributed by atoms with Crippen LogP contribution >= 0.6 is 0 Å². The van der Waals surface area contributed by atoms with Gasteiger partial charge in [-0.3, -0.25) is 9.59 Å². The molecule has 4 amide bonds. The third-order valence-corrected chi connectivity index (χ3v) is 5.08. The lowest BCUT2D eigenvalue weighted by molar-refractivity contribution is -0.130. The van der Waals surface area contributed by atoms with Crippen LogP contribution in [0.4, 0.5) is 20.6 Å². The van der Waals surface area contributed by atoms with Crippen molar-refractivity contribution in [1.82, 2.24) is 10.2 Å². The summed E-state index contributed by atoms with van der Waals surface area (Å²) in [6, 6.07) is 11.5. The normalized spacial score (nSPS) is 16.5. The minimum absolute atomic E-state index is 0.183. The van der Waals surface area contributed by atoms with E-state index in [1.807, 2.05) is 24.3 Å². The first-order valence-electron chi connectivity index (χ1n) is 10.2. The summed E-state index contributed by atoms with van der Waals surface area (Å²) in [5.41, 5.74) is 1.87. The summed E-state index contributed by atoms with van der Waals surface area (Å²) in [7, 11) is 0. The van der Waals surface area contributed by atoms with Gasteiger partial charge in [-0.1, -0.05) is 39.0 Å². The minimum atomic E-state index is -0.948. The Morgan fingerprint density at radius 2 is 1.77 bits per heavy atom. The van der Waals surface area contributed by atoms with Crippen molar-refractivity contribution in [3.63, 3.8) is 0 Å². The summed E-state index contributed by atoms with van der Waals surface area (Å²) in [5.74, 6) is -1.25. The lowest BCUT2D eigenvalue weighted by atomic mass is 9.86. The number of carbonyl (C=O) groups excluding carboxylic acids is 3. The molecule has 2 aromatic rings. The molecule has 164 valence electrons. The van der Waals surface area contributed by atoms with E-state index in [0.29, 0.717) is 17.9 Å². The van der Waals surface area contributed by atoms with Crippen LogP contribution in [0.25, 0.3) is 0 Å². The fraction of sp³-hybridized carbons (Fsp3) is 0.348. The van der Waals surface area contributed by atoms with Crippen molar-refractivity contribution >= 4 is 29.2 Å². The molecule has 2 aromatic carbocycles. The van der Waals surface area contributed by atoms with Crippen molar-refractivity contribution in [3.8, 4) is 0 Å². The highest BCUT2D eigenvalue weighted by Crippen LogP contribution is 2.29. The van der Waals surface area contributed by atoms with Gasteiger partial charge in [-0.05, 0) is 41.3 Å². The smallest absolute Gasteiger partial charge is 0.322 e. The first kappa shape index (κ1) is 22.3. The van der Waals surface area contributed by atoms with Crippen LogP contribution < -0.4 is 16.0 Å². The number of para-hydroxylation sites is 1. The van der Waals surface area contributed by atoms with Crippen LogP contribution in [-0.4, -0.2) is 41.9 Å². The number of benzene rings is 2. The molecule has 3 N–H and O–H groups in total. The molecular formula is C23H27FN4O3. The molecule has 0 bridgehead atoms. The average molecular weight is 426 g/mol. The Kier molecular flexibility index (Phi) is 6.58. The summed E-state index contributed by atoms with van der Waals surface area (Å²) in [6.07, 6.45) is -0.211. The maximum absolute atomic E-state index is 13.1. The molecule has 0 aliphatic carbocycles. The van der Waals surface area contributed by atoms with Crippen molar-refractivity contribution in [2.45, 2.75) is 38.6 Å². The van der Waals surface area contributed by atoms with Crippen molar-refractivity contribution in [3.05, 3.63) is 59.9 Å². The summed E-state index contributed by atoms with van der Waals surface area (Å²) < 4.78 is 13.1. The van der Waals surface area contributed by atoms with E-state index in [9.17, 15) is 18.8 Å². The van der Waals surface area contributed by atoms with Gasteiger partial charge in [0.1, 0.15) is 11.9 Å². The van der Waals surface area contributed by atoms with Gasteiger partial charge in [0.25, 0.3) is 0 Å². The Hall–Kier alpha value is -3.42. The second kappa shape index (κ2) is 9.16. The van der Waals surface area contributed by atoms with Gasteiger partial charge in [-0.15, -0.1) is 0 Å². The number of halogens is 1. The highest BCUT2D eigenvalue weighted by atomic mass is 19.1. The topological polar surface area (TPSA) is 90.5 Å². The Morgan fingerprint density at radius 3 is 2.45 bits per heavy atom. The maximum Gasteiger partial charge on any atom is 0.322 e. The van der Waals surface area contributed by atoms with Gasteiger partial charge < -0.3 is 20.9 Å². The van der Waals surface area contributed by atoms with Gasteiger partial charge in [0.05, 0.1) is 6.42 Å². The second-order valence-corrected chi connectivity index (χ2v) is 8.49. The van der Waals surface area contributed by atoms with Crippen LogP contribution in [-0.2, 0) is 15.0 Å². The Labute approximate surface area is 181 Å². The average Bonchev–Trinajstić information content (AvgIpc) is 2.71. The number of piperazine rings is 1.